The van der Waals surface area contributed by atoms with E-state index in [0.717, 1.165) is 24.2 Å². The summed E-state index contributed by atoms with van der Waals surface area (Å²) in [6, 6.07) is 0. The van der Waals surface area contributed by atoms with Crippen LogP contribution in [0.4, 0.5) is 0 Å². The third-order valence-corrected chi connectivity index (χ3v) is 6.50. The largest absolute Gasteiger partial charge is 0.393 e. The van der Waals surface area contributed by atoms with E-state index < -0.39 is 0 Å². The van der Waals surface area contributed by atoms with Crippen molar-refractivity contribution >= 4 is 0 Å². The summed E-state index contributed by atoms with van der Waals surface area (Å²) < 4.78 is 0. The van der Waals surface area contributed by atoms with Gasteiger partial charge < -0.3 is 10.0 Å². The van der Waals surface area contributed by atoms with Gasteiger partial charge in [0.1, 0.15) is 0 Å². The van der Waals surface area contributed by atoms with Gasteiger partial charge in [-0.25, -0.2) is 0 Å². The van der Waals surface area contributed by atoms with Gasteiger partial charge in [0, 0.05) is 13.1 Å². The van der Waals surface area contributed by atoms with Crippen LogP contribution in [0.1, 0.15) is 64.7 Å². The normalized spacial score (nSPS) is 43.2. The first-order chi connectivity index (χ1) is 9.76. The summed E-state index contributed by atoms with van der Waals surface area (Å²) in [6.45, 7) is 6.10. The Labute approximate surface area is 124 Å². The highest BCUT2D eigenvalue weighted by Gasteiger charge is 2.34. The first-order valence-electron chi connectivity index (χ1n) is 9.16. The quantitative estimate of drug-likeness (QED) is 0.852. The first kappa shape index (κ1) is 14.8. The van der Waals surface area contributed by atoms with Crippen LogP contribution in [0.3, 0.4) is 0 Å². The molecule has 1 N–H and O–H groups in total. The Hall–Kier alpha value is -0.0800. The van der Waals surface area contributed by atoms with Gasteiger partial charge >= 0.3 is 0 Å². The maximum atomic E-state index is 10.3. The molecule has 1 aliphatic heterocycles. The fraction of sp³-hybridized carbons (Fsp3) is 1.00. The lowest BCUT2D eigenvalue weighted by molar-refractivity contribution is 0.00650. The molecular formula is C18H33NO. The van der Waals surface area contributed by atoms with Crippen LogP contribution in [-0.2, 0) is 0 Å². The van der Waals surface area contributed by atoms with Crippen LogP contribution in [0.25, 0.3) is 0 Å². The van der Waals surface area contributed by atoms with E-state index in [-0.39, 0.29) is 6.10 Å². The van der Waals surface area contributed by atoms with Gasteiger partial charge in [0.2, 0.25) is 0 Å². The zero-order valence-corrected chi connectivity index (χ0v) is 13.3. The minimum atomic E-state index is -0.0260. The van der Waals surface area contributed by atoms with Crippen molar-refractivity contribution in [2.24, 2.45) is 23.7 Å². The molecule has 116 valence electrons. The van der Waals surface area contributed by atoms with Crippen LogP contribution < -0.4 is 0 Å². The zero-order chi connectivity index (χ0) is 13.9. The van der Waals surface area contributed by atoms with Crippen molar-refractivity contribution in [1.82, 2.24) is 4.90 Å². The number of aliphatic hydroxyl groups excluding tert-OH is 1. The number of aliphatic hydroxyl groups is 1. The fourth-order valence-corrected chi connectivity index (χ4v) is 5.09. The summed E-state index contributed by atoms with van der Waals surface area (Å²) in [5.41, 5.74) is 0. The summed E-state index contributed by atoms with van der Waals surface area (Å²) in [5, 5.41) is 10.3. The van der Waals surface area contributed by atoms with E-state index in [9.17, 15) is 5.11 Å². The van der Waals surface area contributed by atoms with Gasteiger partial charge in [-0.3, -0.25) is 0 Å². The molecule has 1 heterocycles. The van der Waals surface area contributed by atoms with Gasteiger partial charge in [-0.05, 0) is 62.3 Å². The van der Waals surface area contributed by atoms with Crippen molar-refractivity contribution in [3.8, 4) is 0 Å². The van der Waals surface area contributed by atoms with E-state index in [4.69, 9.17) is 0 Å². The number of hydrogen-bond acceptors (Lipinski definition) is 2. The first-order valence-corrected chi connectivity index (χ1v) is 9.16. The minimum Gasteiger partial charge on any atom is -0.393 e. The summed E-state index contributed by atoms with van der Waals surface area (Å²) in [7, 11) is 0. The average molecular weight is 279 g/mol. The Morgan fingerprint density at radius 1 is 1.00 bits per heavy atom. The van der Waals surface area contributed by atoms with Gasteiger partial charge in [0.25, 0.3) is 0 Å². The lowest BCUT2D eigenvalue weighted by Crippen LogP contribution is -2.46. The Bertz CT molecular complexity index is 306. The van der Waals surface area contributed by atoms with Crippen LogP contribution >= 0.6 is 0 Å². The Balaban J connectivity index is 1.52. The molecule has 5 atom stereocenters. The van der Waals surface area contributed by atoms with Crippen LogP contribution in [0.2, 0.25) is 0 Å². The molecule has 2 nitrogen and oxygen atoms in total. The van der Waals surface area contributed by atoms with Crippen molar-refractivity contribution < 1.29 is 5.11 Å². The predicted molar refractivity (Wildman–Crippen MR) is 83.6 cm³/mol. The van der Waals surface area contributed by atoms with Gasteiger partial charge in [0.15, 0.2) is 0 Å². The standard InChI is InChI=1S/C18H33NO/c1-2-14-7-8-18(20)17(11-14)13-19-10-9-15-5-3-4-6-16(15)12-19/h14-18,20H,2-13H2,1H3. The van der Waals surface area contributed by atoms with Crippen LogP contribution in [-0.4, -0.2) is 35.7 Å². The molecule has 0 aromatic carbocycles. The van der Waals surface area contributed by atoms with E-state index in [0.29, 0.717) is 5.92 Å². The molecule has 0 radical (unpaired) electrons. The predicted octanol–water partition coefficient (Wildman–Crippen LogP) is 3.69. The van der Waals surface area contributed by atoms with Crippen molar-refractivity contribution in [3.63, 3.8) is 0 Å². The molecule has 5 unspecified atom stereocenters. The van der Waals surface area contributed by atoms with Crippen LogP contribution in [0.5, 0.6) is 0 Å². The monoisotopic (exact) mass is 279 g/mol. The molecule has 2 aliphatic carbocycles. The average Bonchev–Trinajstić information content (AvgIpc) is 2.49. The molecular weight excluding hydrogens is 246 g/mol. The molecule has 2 saturated carbocycles. The lowest BCUT2D eigenvalue weighted by Gasteiger charge is -2.44. The summed E-state index contributed by atoms with van der Waals surface area (Å²) in [5.74, 6) is 3.42. The van der Waals surface area contributed by atoms with E-state index >= 15 is 0 Å². The van der Waals surface area contributed by atoms with E-state index in [1.807, 2.05) is 0 Å². The summed E-state index contributed by atoms with van der Waals surface area (Å²) in [6.07, 6.45) is 12.1. The molecule has 0 bridgehead atoms. The Kier molecular flexibility index (Phi) is 5.04. The highest BCUT2D eigenvalue weighted by atomic mass is 16.3. The Morgan fingerprint density at radius 3 is 2.60 bits per heavy atom. The second-order valence-electron chi connectivity index (χ2n) is 7.77. The third-order valence-electron chi connectivity index (χ3n) is 6.50. The second-order valence-corrected chi connectivity index (χ2v) is 7.77. The van der Waals surface area contributed by atoms with Crippen LogP contribution in [0.15, 0.2) is 0 Å². The number of likely N-dealkylation sites (tertiary alicyclic amines) is 1. The molecule has 3 rings (SSSR count). The smallest absolute Gasteiger partial charge is 0.0580 e. The Morgan fingerprint density at radius 2 is 1.80 bits per heavy atom. The summed E-state index contributed by atoms with van der Waals surface area (Å²) >= 11 is 0. The van der Waals surface area contributed by atoms with Gasteiger partial charge in [-0.2, -0.15) is 0 Å². The highest BCUT2D eigenvalue weighted by molar-refractivity contribution is 4.87. The SMILES string of the molecule is CCC1CCC(O)C(CN2CCC3CCCCC3C2)C1. The van der Waals surface area contributed by atoms with Crippen molar-refractivity contribution in [2.45, 2.75) is 70.8 Å². The maximum absolute atomic E-state index is 10.3. The zero-order valence-electron chi connectivity index (χ0n) is 13.3. The number of fused-ring (bicyclic) bond motifs is 1. The van der Waals surface area contributed by atoms with E-state index in [1.54, 1.807) is 0 Å². The third kappa shape index (κ3) is 3.39. The topological polar surface area (TPSA) is 23.5 Å². The number of rotatable bonds is 3. The number of hydrogen-bond donors (Lipinski definition) is 1. The fourth-order valence-electron chi connectivity index (χ4n) is 5.09. The van der Waals surface area contributed by atoms with E-state index in [1.165, 1.54) is 71.0 Å². The van der Waals surface area contributed by atoms with E-state index in [2.05, 4.69) is 11.8 Å². The molecule has 0 aromatic heterocycles. The molecule has 0 aromatic rings. The van der Waals surface area contributed by atoms with Gasteiger partial charge in [0.05, 0.1) is 6.10 Å². The molecule has 3 aliphatic rings. The summed E-state index contributed by atoms with van der Waals surface area (Å²) in [4.78, 5) is 2.69. The van der Waals surface area contributed by atoms with Gasteiger partial charge in [-0.1, -0.05) is 32.6 Å². The lowest BCUT2D eigenvalue weighted by atomic mass is 9.74. The van der Waals surface area contributed by atoms with Gasteiger partial charge in [-0.15, -0.1) is 0 Å². The molecule has 3 fully saturated rings. The molecule has 0 amide bonds. The number of nitrogens with zero attached hydrogens (tertiary/aromatic N) is 1. The van der Waals surface area contributed by atoms with Crippen molar-refractivity contribution in [1.29, 1.82) is 0 Å². The maximum Gasteiger partial charge on any atom is 0.0580 e. The molecule has 20 heavy (non-hydrogen) atoms. The second kappa shape index (κ2) is 6.79. The van der Waals surface area contributed by atoms with Crippen molar-refractivity contribution in [2.75, 3.05) is 19.6 Å². The minimum absolute atomic E-state index is 0.0260. The van der Waals surface area contributed by atoms with Crippen LogP contribution in [0, 0.1) is 23.7 Å². The molecule has 1 saturated heterocycles. The molecule has 0 spiro atoms. The number of piperidine rings is 1. The van der Waals surface area contributed by atoms with Crippen molar-refractivity contribution in [3.05, 3.63) is 0 Å². The molecule has 2 heteroatoms. The highest BCUT2D eigenvalue weighted by Crippen LogP contribution is 2.37.